The Balaban J connectivity index is 2.59. The summed E-state index contributed by atoms with van der Waals surface area (Å²) in [5.41, 5.74) is 1.10. The molecule has 0 aliphatic carbocycles. The van der Waals surface area contributed by atoms with Gasteiger partial charge in [0.2, 0.25) is 0 Å². The van der Waals surface area contributed by atoms with E-state index in [1.807, 2.05) is 19.1 Å². The molecule has 1 unspecified atom stereocenters. The number of carbonyl (C=O) groups is 2. The molecule has 1 amide bonds. The molecule has 7 nitrogen and oxygen atoms in total. The summed E-state index contributed by atoms with van der Waals surface area (Å²) in [7, 11) is 1.32. The fourth-order valence-corrected chi connectivity index (χ4v) is 2.14. The third kappa shape index (κ3) is 8.00. The number of rotatable bonds is 11. The molecule has 0 fully saturated rings. The van der Waals surface area contributed by atoms with Gasteiger partial charge in [0.05, 0.1) is 32.8 Å². The van der Waals surface area contributed by atoms with Crippen molar-refractivity contribution in [3.63, 3.8) is 0 Å². The van der Waals surface area contributed by atoms with Crippen LogP contribution in [0.2, 0.25) is 0 Å². The van der Waals surface area contributed by atoms with Crippen molar-refractivity contribution in [3.8, 4) is 5.75 Å². The molecule has 0 spiro atoms. The lowest BCUT2D eigenvalue weighted by Gasteiger charge is -2.25. The highest BCUT2D eigenvalue weighted by Gasteiger charge is 2.21. The van der Waals surface area contributed by atoms with Gasteiger partial charge >= 0.3 is 5.97 Å². The molecule has 25 heavy (non-hydrogen) atoms. The van der Waals surface area contributed by atoms with Crippen LogP contribution in [0.1, 0.15) is 12.5 Å². The number of benzene rings is 1. The van der Waals surface area contributed by atoms with E-state index in [1.165, 1.54) is 12.0 Å². The molecule has 0 saturated heterocycles. The quantitative estimate of drug-likeness (QED) is 0.472. The summed E-state index contributed by atoms with van der Waals surface area (Å²) in [5, 5.41) is 8.73. The lowest BCUT2D eigenvalue weighted by atomic mass is 10.1. The highest BCUT2D eigenvalue weighted by molar-refractivity contribution is 5.79. The first kappa shape index (κ1) is 20.9. The van der Waals surface area contributed by atoms with Gasteiger partial charge in [0, 0.05) is 13.1 Å². The van der Waals surface area contributed by atoms with Gasteiger partial charge in [-0.05, 0) is 19.1 Å². The number of ether oxygens (including phenoxy) is 3. The van der Waals surface area contributed by atoms with Gasteiger partial charge in [0.1, 0.15) is 5.75 Å². The lowest BCUT2D eigenvalue weighted by molar-refractivity contribution is -0.147. The van der Waals surface area contributed by atoms with Crippen molar-refractivity contribution in [3.05, 3.63) is 29.8 Å². The summed E-state index contributed by atoms with van der Waals surface area (Å²) < 4.78 is 15.4. The topological polar surface area (TPSA) is 85.3 Å². The summed E-state index contributed by atoms with van der Waals surface area (Å²) in [6, 6.07) is 7.40. The van der Waals surface area contributed by atoms with E-state index in [0.717, 1.165) is 5.56 Å². The largest absolute Gasteiger partial charge is 0.484 e. The van der Waals surface area contributed by atoms with Gasteiger partial charge in [0.15, 0.2) is 6.61 Å². The number of hydrogen-bond acceptors (Lipinski definition) is 6. The Bertz CT molecular complexity index is 531. The number of carbonyl (C=O) groups excluding carboxylic acids is 2. The molecule has 1 rings (SSSR count). The predicted molar refractivity (Wildman–Crippen MR) is 92.3 cm³/mol. The molecule has 0 bridgehead atoms. The third-order valence-corrected chi connectivity index (χ3v) is 3.57. The van der Waals surface area contributed by atoms with Crippen LogP contribution in [0, 0.1) is 12.8 Å². The number of nitrogens with zero attached hydrogens (tertiary/aromatic N) is 1. The maximum Gasteiger partial charge on any atom is 0.310 e. The minimum atomic E-state index is -0.453. The zero-order valence-electron chi connectivity index (χ0n) is 15.1. The number of methoxy groups -OCH3 is 1. The molecule has 140 valence electrons. The summed E-state index contributed by atoms with van der Waals surface area (Å²) in [6.45, 7) is 4.45. The third-order valence-electron chi connectivity index (χ3n) is 3.57. The highest BCUT2D eigenvalue weighted by atomic mass is 16.5. The van der Waals surface area contributed by atoms with E-state index in [2.05, 4.69) is 0 Å². The second-order valence-electron chi connectivity index (χ2n) is 5.70. The van der Waals surface area contributed by atoms with Crippen molar-refractivity contribution < 1.29 is 28.9 Å². The first-order chi connectivity index (χ1) is 12.0. The van der Waals surface area contributed by atoms with E-state index in [4.69, 9.17) is 19.3 Å². The monoisotopic (exact) mass is 353 g/mol. The Kier molecular flexibility index (Phi) is 9.57. The van der Waals surface area contributed by atoms with E-state index in [-0.39, 0.29) is 44.8 Å². The Morgan fingerprint density at radius 3 is 2.48 bits per heavy atom. The molecule has 1 aromatic carbocycles. The number of aliphatic hydroxyl groups excluding tert-OH is 1. The van der Waals surface area contributed by atoms with Crippen LogP contribution in [0.3, 0.4) is 0 Å². The standard InChI is InChI=1S/C18H27NO6/c1-14-4-6-16(7-5-14)25-13-17(21)19(8-10-24-11-9-20)12-15(2)18(22)23-3/h4-7,15,20H,8-13H2,1-3H3. The van der Waals surface area contributed by atoms with Crippen LogP contribution in [0.25, 0.3) is 0 Å². The Morgan fingerprint density at radius 1 is 1.20 bits per heavy atom. The van der Waals surface area contributed by atoms with Crippen LogP contribution in [0.4, 0.5) is 0 Å². The minimum Gasteiger partial charge on any atom is -0.484 e. The average molecular weight is 353 g/mol. The van der Waals surface area contributed by atoms with Gasteiger partial charge < -0.3 is 24.2 Å². The summed E-state index contributed by atoms with van der Waals surface area (Å²) in [4.78, 5) is 25.5. The molecular weight excluding hydrogens is 326 g/mol. The molecule has 0 radical (unpaired) electrons. The highest BCUT2D eigenvalue weighted by Crippen LogP contribution is 2.12. The smallest absolute Gasteiger partial charge is 0.310 e. The number of esters is 1. The number of aryl methyl sites for hydroxylation is 1. The Hall–Kier alpha value is -2.12. The molecule has 7 heteroatoms. The maximum absolute atomic E-state index is 12.4. The van der Waals surface area contributed by atoms with Gasteiger partial charge in [-0.2, -0.15) is 0 Å². The fourth-order valence-electron chi connectivity index (χ4n) is 2.14. The molecule has 0 saturated carbocycles. The molecule has 0 aliphatic heterocycles. The van der Waals surface area contributed by atoms with Crippen LogP contribution < -0.4 is 4.74 Å². The van der Waals surface area contributed by atoms with E-state index < -0.39 is 5.92 Å². The van der Waals surface area contributed by atoms with Crippen molar-refractivity contribution in [2.24, 2.45) is 5.92 Å². The van der Waals surface area contributed by atoms with Crippen LogP contribution >= 0.6 is 0 Å². The Morgan fingerprint density at radius 2 is 1.88 bits per heavy atom. The molecule has 1 aromatic rings. The van der Waals surface area contributed by atoms with Crippen LogP contribution in [0.15, 0.2) is 24.3 Å². The summed E-state index contributed by atoms with van der Waals surface area (Å²) in [5.74, 6) is -0.472. The normalized spacial score (nSPS) is 11.7. The maximum atomic E-state index is 12.4. The second-order valence-corrected chi connectivity index (χ2v) is 5.70. The van der Waals surface area contributed by atoms with Crippen molar-refractivity contribution in [1.82, 2.24) is 4.90 Å². The van der Waals surface area contributed by atoms with Crippen molar-refractivity contribution in [1.29, 1.82) is 0 Å². The number of aliphatic hydroxyl groups is 1. The number of amides is 1. The Labute approximate surface area is 148 Å². The van der Waals surface area contributed by atoms with Gasteiger partial charge in [0.25, 0.3) is 5.91 Å². The molecule has 0 heterocycles. The van der Waals surface area contributed by atoms with Crippen LogP contribution in [0.5, 0.6) is 5.75 Å². The van der Waals surface area contributed by atoms with Crippen molar-refractivity contribution in [2.45, 2.75) is 13.8 Å². The first-order valence-corrected chi connectivity index (χ1v) is 8.21. The second kappa shape index (κ2) is 11.4. The van der Waals surface area contributed by atoms with Gasteiger partial charge in [-0.1, -0.05) is 24.6 Å². The predicted octanol–water partition coefficient (Wildman–Crippen LogP) is 1.02. The molecule has 0 aromatic heterocycles. The van der Waals surface area contributed by atoms with Crippen LogP contribution in [-0.2, 0) is 19.1 Å². The first-order valence-electron chi connectivity index (χ1n) is 8.21. The van der Waals surface area contributed by atoms with E-state index in [1.54, 1.807) is 19.1 Å². The summed E-state index contributed by atoms with van der Waals surface area (Å²) >= 11 is 0. The van der Waals surface area contributed by atoms with Gasteiger partial charge in [-0.15, -0.1) is 0 Å². The zero-order valence-corrected chi connectivity index (χ0v) is 15.1. The fraction of sp³-hybridized carbons (Fsp3) is 0.556. The van der Waals surface area contributed by atoms with Crippen molar-refractivity contribution >= 4 is 11.9 Å². The molecule has 0 aliphatic rings. The molecular formula is C18H27NO6. The molecule has 1 atom stereocenters. The van der Waals surface area contributed by atoms with Crippen LogP contribution in [-0.4, -0.2) is 68.5 Å². The van der Waals surface area contributed by atoms with Gasteiger partial charge in [-0.3, -0.25) is 9.59 Å². The SMILES string of the molecule is COC(=O)C(C)CN(CCOCCO)C(=O)COc1ccc(C)cc1. The van der Waals surface area contributed by atoms with E-state index >= 15 is 0 Å². The average Bonchev–Trinajstić information content (AvgIpc) is 2.62. The number of hydrogen-bond donors (Lipinski definition) is 1. The minimum absolute atomic E-state index is 0.0803. The van der Waals surface area contributed by atoms with Gasteiger partial charge in [-0.25, -0.2) is 0 Å². The van der Waals surface area contributed by atoms with Crippen molar-refractivity contribution in [2.75, 3.05) is 46.6 Å². The van der Waals surface area contributed by atoms with E-state index in [9.17, 15) is 9.59 Å². The molecule has 1 N–H and O–H groups in total. The summed E-state index contributed by atoms with van der Waals surface area (Å²) in [6.07, 6.45) is 0. The zero-order chi connectivity index (χ0) is 18.7. The lowest BCUT2D eigenvalue weighted by Crippen LogP contribution is -2.41. The van der Waals surface area contributed by atoms with E-state index in [0.29, 0.717) is 12.3 Å².